The van der Waals surface area contributed by atoms with Gasteiger partial charge in [0.05, 0.1) is 18.7 Å². The van der Waals surface area contributed by atoms with E-state index in [0.717, 1.165) is 45.1 Å². The van der Waals surface area contributed by atoms with Gasteiger partial charge in [0.1, 0.15) is 0 Å². The molecule has 1 rings (SSSR count). The zero-order chi connectivity index (χ0) is 11.6. The van der Waals surface area contributed by atoms with Crippen molar-refractivity contribution in [1.29, 1.82) is 0 Å². The fourth-order valence-corrected chi connectivity index (χ4v) is 1.97. The number of hydrogen-bond acceptors (Lipinski definition) is 2. The van der Waals surface area contributed by atoms with E-state index in [2.05, 4.69) is 6.42 Å². The van der Waals surface area contributed by atoms with E-state index >= 15 is 0 Å². The number of hydrogen-bond donors (Lipinski definition) is 0. The molecule has 0 amide bonds. The number of ether oxygens (including phenoxy) is 1. The Morgan fingerprint density at radius 2 is 2.12 bits per heavy atom. The average molecular weight is 228 g/mol. The van der Waals surface area contributed by atoms with Crippen LogP contribution in [0.2, 0.25) is 0 Å². The van der Waals surface area contributed by atoms with Crippen LogP contribution in [0.1, 0.15) is 44.9 Å². The highest BCUT2D eigenvalue weighted by Gasteiger charge is 2.13. The first-order chi connectivity index (χ1) is 7.86. The molecule has 0 aromatic carbocycles. The summed E-state index contributed by atoms with van der Waals surface area (Å²) in [7, 11) is 0. The van der Waals surface area contributed by atoms with Crippen LogP contribution in [0.5, 0.6) is 0 Å². The van der Waals surface area contributed by atoms with Gasteiger partial charge in [-0.2, -0.15) is 0 Å². The molecule has 1 aliphatic carbocycles. The predicted octanol–water partition coefficient (Wildman–Crippen LogP) is 3.02. The summed E-state index contributed by atoms with van der Waals surface area (Å²) in [5.41, 5.74) is 0. The van der Waals surface area contributed by atoms with Crippen LogP contribution in [0.4, 0.5) is 4.39 Å². The number of rotatable bonds is 8. The van der Waals surface area contributed by atoms with E-state index < -0.39 is 12.6 Å². The summed E-state index contributed by atoms with van der Waals surface area (Å²) in [5, 5.41) is 0. The van der Waals surface area contributed by atoms with Crippen molar-refractivity contribution in [2.24, 2.45) is 5.92 Å². The minimum Gasteiger partial charge on any atom is -0.378 e. The van der Waals surface area contributed by atoms with Crippen molar-refractivity contribution in [3.8, 4) is 0 Å². The van der Waals surface area contributed by atoms with E-state index in [1.807, 2.05) is 0 Å². The molecule has 1 aliphatic rings. The lowest BCUT2D eigenvalue weighted by Crippen LogP contribution is -2.17. The lowest BCUT2D eigenvalue weighted by molar-refractivity contribution is 0.0323. The standard InChI is InChI=1S/C13H21FO2/c14-10-12(11-15)6-4-5-9-16-13-7-2-1-3-8-13/h1,12-13H,2-10H2. The molecule has 16 heavy (non-hydrogen) atoms. The van der Waals surface area contributed by atoms with Crippen LogP contribution in [0, 0.1) is 12.3 Å². The van der Waals surface area contributed by atoms with Gasteiger partial charge in [-0.3, -0.25) is 9.18 Å². The Morgan fingerprint density at radius 3 is 2.75 bits per heavy atom. The maximum absolute atomic E-state index is 12.2. The second kappa shape index (κ2) is 8.68. The lowest BCUT2D eigenvalue weighted by Gasteiger charge is -2.21. The summed E-state index contributed by atoms with van der Waals surface area (Å²) in [6.07, 6.45) is 11.4. The highest BCUT2D eigenvalue weighted by atomic mass is 19.1. The van der Waals surface area contributed by atoms with Gasteiger partial charge in [0.2, 0.25) is 6.29 Å². The number of halogens is 1. The third kappa shape index (κ3) is 5.59. The summed E-state index contributed by atoms with van der Waals surface area (Å²) >= 11 is 0. The second-order valence-corrected chi connectivity index (χ2v) is 4.40. The Kier molecular flexibility index (Phi) is 7.39. The number of carbonyl (C=O) groups excluding carboxylic acids is 1. The molecule has 0 saturated heterocycles. The maximum Gasteiger partial charge on any atom is 0.204 e. The van der Waals surface area contributed by atoms with Crippen LogP contribution < -0.4 is 0 Å². The van der Waals surface area contributed by atoms with Gasteiger partial charge in [0.25, 0.3) is 0 Å². The lowest BCUT2D eigenvalue weighted by atomic mass is 9.98. The van der Waals surface area contributed by atoms with Gasteiger partial charge >= 0.3 is 0 Å². The Morgan fingerprint density at radius 1 is 1.38 bits per heavy atom. The molecule has 1 saturated carbocycles. The van der Waals surface area contributed by atoms with Gasteiger partial charge in [-0.1, -0.05) is 6.42 Å². The van der Waals surface area contributed by atoms with E-state index in [1.165, 1.54) is 0 Å². The van der Waals surface area contributed by atoms with E-state index in [4.69, 9.17) is 4.74 Å². The monoisotopic (exact) mass is 228 g/mol. The fourth-order valence-electron chi connectivity index (χ4n) is 1.97. The smallest absolute Gasteiger partial charge is 0.204 e. The Balaban J connectivity index is 1.92. The maximum atomic E-state index is 12.2. The Labute approximate surface area is 97.6 Å². The van der Waals surface area contributed by atoms with Crippen LogP contribution in [0.3, 0.4) is 0 Å². The molecule has 2 nitrogen and oxygen atoms in total. The zero-order valence-corrected chi connectivity index (χ0v) is 9.79. The van der Waals surface area contributed by atoms with Gasteiger partial charge in [-0.15, -0.1) is 0 Å². The van der Waals surface area contributed by atoms with E-state index in [1.54, 1.807) is 6.29 Å². The molecule has 0 aromatic rings. The predicted molar refractivity (Wildman–Crippen MR) is 61.5 cm³/mol. The molecule has 0 bridgehead atoms. The number of alkyl halides is 1. The van der Waals surface area contributed by atoms with E-state index in [-0.39, 0.29) is 0 Å². The first-order valence-corrected chi connectivity index (χ1v) is 6.23. The van der Waals surface area contributed by atoms with Crippen molar-refractivity contribution in [3.63, 3.8) is 0 Å². The van der Waals surface area contributed by atoms with Gasteiger partial charge in [0, 0.05) is 6.61 Å². The van der Waals surface area contributed by atoms with Gasteiger partial charge in [-0.05, 0) is 44.9 Å². The van der Waals surface area contributed by atoms with Crippen molar-refractivity contribution in [1.82, 2.24) is 0 Å². The molecule has 92 valence electrons. The van der Waals surface area contributed by atoms with Crippen molar-refractivity contribution in [2.45, 2.75) is 51.0 Å². The topological polar surface area (TPSA) is 26.3 Å². The highest BCUT2D eigenvalue weighted by Crippen LogP contribution is 2.19. The van der Waals surface area contributed by atoms with E-state index in [0.29, 0.717) is 12.5 Å². The fraction of sp³-hybridized carbons (Fsp3) is 0.846. The quantitative estimate of drug-likeness (QED) is 0.597. The Bertz CT molecular complexity index is 179. The molecule has 1 fully saturated rings. The van der Waals surface area contributed by atoms with Crippen molar-refractivity contribution in [3.05, 3.63) is 6.42 Å². The summed E-state index contributed by atoms with van der Waals surface area (Å²) < 4.78 is 17.9. The number of unbranched alkanes of at least 4 members (excludes halogenated alkanes) is 1. The van der Waals surface area contributed by atoms with Crippen LogP contribution in [-0.4, -0.2) is 25.7 Å². The molecule has 0 aliphatic heterocycles. The van der Waals surface area contributed by atoms with Crippen LogP contribution >= 0.6 is 0 Å². The van der Waals surface area contributed by atoms with Gasteiger partial charge in [-0.25, -0.2) is 0 Å². The molecule has 0 heterocycles. The first kappa shape index (κ1) is 13.6. The molecule has 0 spiro atoms. The minimum atomic E-state index is -0.581. The SMILES string of the molecule is O=[C]C(CF)CCCCOC1CC[CH]CC1. The largest absolute Gasteiger partial charge is 0.378 e. The van der Waals surface area contributed by atoms with Crippen LogP contribution in [-0.2, 0) is 9.53 Å². The highest BCUT2D eigenvalue weighted by molar-refractivity contribution is 5.54. The molecule has 1 atom stereocenters. The molecule has 3 heteroatoms. The first-order valence-electron chi connectivity index (χ1n) is 6.23. The zero-order valence-electron chi connectivity index (χ0n) is 9.79. The van der Waals surface area contributed by atoms with Crippen molar-refractivity contribution >= 4 is 6.29 Å². The second-order valence-electron chi connectivity index (χ2n) is 4.40. The van der Waals surface area contributed by atoms with Crippen molar-refractivity contribution < 1.29 is 13.9 Å². The molecule has 1 unspecified atom stereocenters. The third-order valence-corrected chi connectivity index (χ3v) is 3.04. The van der Waals surface area contributed by atoms with Gasteiger partial charge < -0.3 is 4.74 Å². The molecule has 0 aromatic heterocycles. The van der Waals surface area contributed by atoms with Crippen LogP contribution in [0.25, 0.3) is 0 Å². The summed E-state index contributed by atoms with van der Waals surface area (Å²) in [6, 6.07) is 0. The summed E-state index contributed by atoms with van der Waals surface area (Å²) in [5.74, 6) is -0.524. The van der Waals surface area contributed by atoms with Crippen molar-refractivity contribution in [2.75, 3.05) is 13.3 Å². The average Bonchev–Trinajstić information content (AvgIpc) is 2.35. The van der Waals surface area contributed by atoms with Crippen LogP contribution in [0.15, 0.2) is 0 Å². The minimum absolute atomic E-state index is 0.416. The van der Waals surface area contributed by atoms with Gasteiger partial charge in [0.15, 0.2) is 0 Å². The third-order valence-electron chi connectivity index (χ3n) is 3.04. The van der Waals surface area contributed by atoms with E-state index in [9.17, 15) is 9.18 Å². The normalized spacial score (nSPS) is 19.6. The summed E-state index contributed by atoms with van der Waals surface area (Å²) in [4.78, 5) is 10.2. The molecule has 0 N–H and O–H groups in total. The Hall–Kier alpha value is -0.440. The molecule has 2 radical (unpaired) electrons. The molecular weight excluding hydrogens is 207 g/mol. The summed E-state index contributed by atoms with van der Waals surface area (Å²) in [6.45, 7) is 0.158. The molecular formula is C13H21FO2.